The average Bonchev–Trinajstić information content (AvgIpc) is 3.12. The maximum atomic E-state index is 13.9. The van der Waals surface area contributed by atoms with E-state index in [0.717, 1.165) is 17.3 Å². The number of halogens is 1. The molecule has 1 saturated heterocycles. The lowest BCUT2D eigenvalue weighted by Gasteiger charge is -2.15. The molecule has 3 rings (SSSR count). The number of nitrogens with zero attached hydrogens (tertiary/aromatic N) is 3. The second kappa shape index (κ2) is 11.7. The zero-order valence-electron chi connectivity index (χ0n) is 19.9. The lowest BCUT2D eigenvalue weighted by molar-refractivity contribution is -0.138. The van der Waals surface area contributed by atoms with Crippen LogP contribution in [0.15, 0.2) is 46.6 Å². The van der Waals surface area contributed by atoms with Crippen LogP contribution < -0.4 is 19.9 Å². The van der Waals surface area contributed by atoms with E-state index in [4.69, 9.17) is 19.9 Å². The Hall–Kier alpha value is -3.60. The van der Waals surface area contributed by atoms with Crippen molar-refractivity contribution in [1.82, 2.24) is 4.90 Å². The van der Waals surface area contributed by atoms with Gasteiger partial charge in [0.1, 0.15) is 5.25 Å². The molecule has 1 unspecified atom stereocenters. The minimum atomic E-state index is -0.675. The van der Waals surface area contributed by atoms with Crippen LogP contribution in [0.1, 0.15) is 24.5 Å². The normalized spacial score (nSPS) is 16.6. The number of carbonyl (C=O) groups is 2. The van der Waals surface area contributed by atoms with E-state index >= 15 is 0 Å². The van der Waals surface area contributed by atoms with E-state index in [1.54, 1.807) is 33.3 Å². The Morgan fingerprint density at radius 2 is 1.74 bits per heavy atom. The maximum Gasteiger partial charge on any atom is 0.243 e. The molecule has 186 valence electrons. The number of amides is 2. The summed E-state index contributed by atoms with van der Waals surface area (Å²) in [5, 5.41) is 7.31. The second-order valence-corrected chi connectivity index (χ2v) is 8.83. The SMILES string of the molecule is COc1ccc(/C(C)=N/N=C(N)SC2CC(=O)N(CCc3ccc(OC)c(OC)c3)C2=O)cc1F. The van der Waals surface area contributed by atoms with Crippen molar-refractivity contribution in [1.29, 1.82) is 0 Å². The van der Waals surface area contributed by atoms with E-state index in [-0.39, 0.29) is 35.7 Å². The highest BCUT2D eigenvalue weighted by molar-refractivity contribution is 8.14. The lowest BCUT2D eigenvalue weighted by Crippen LogP contribution is -2.33. The number of rotatable bonds is 9. The van der Waals surface area contributed by atoms with Crippen LogP contribution in [-0.2, 0) is 16.0 Å². The lowest BCUT2D eigenvalue weighted by atomic mass is 10.1. The molecule has 1 atom stereocenters. The quantitative estimate of drug-likeness (QED) is 0.243. The Labute approximate surface area is 207 Å². The number of carbonyl (C=O) groups excluding carboxylic acids is 2. The zero-order chi connectivity index (χ0) is 25.5. The summed E-state index contributed by atoms with van der Waals surface area (Å²) in [6.07, 6.45) is 0.499. The van der Waals surface area contributed by atoms with Crippen molar-refractivity contribution in [2.45, 2.75) is 25.0 Å². The van der Waals surface area contributed by atoms with Crippen molar-refractivity contribution in [3.63, 3.8) is 0 Å². The Morgan fingerprint density at radius 3 is 2.40 bits per heavy atom. The fourth-order valence-electron chi connectivity index (χ4n) is 3.50. The molecular weight excluding hydrogens is 475 g/mol. The molecule has 0 aromatic heterocycles. The van der Waals surface area contributed by atoms with Gasteiger partial charge in [-0.15, -0.1) is 5.10 Å². The van der Waals surface area contributed by atoms with Crippen LogP contribution in [0, 0.1) is 5.82 Å². The number of thioether (sulfide) groups is 1. The summed E-state index contributed by atoms with van der Waals surface area (Å²) in [4.78, 5) is 26.5. The van der Waals surface area contributed by atoms with E-state index in [0.29, 0.717) is 29.2 Å². The molecular formula is C24H27FN4O5S. The van der Waals surface area contributed by atoms with Crippen molar-refractivity contribution < 1.29 is 28.2 Å². The minimum absolute atomic E-state index is 0.0258. The molecule has 1 heterocycles. The molecule has 9 nitrogen and oxygen atoms in total. The number of imide groups is 1. The van der Waals surface area contributed by atoms with Gasteiger partial charge < -0.3 is 19.9 Å². The summed E-state index contributed by atoms with van der Waals surface area (Å²) in [6, 6.07) is 9.88. The molecule has 0 radical (unpaired) electrons. The standard InChI is InChI=1S/C24H27FN4O5S/c1-14(16-6-8-18(32-2)17(25)12-16)27-28-24(26)35-21-13-22(30)29(23(21)31)10-9-15-5-7-19(33-3)20(11-15)34-4/h5-8,11-12,21H,9-10,13H2,1-4H3,(H2,26,28)/b27-14+. The van der Waals surface area contributed by atoms with Crippen molar-refractivity contribution in [3.05, 3.63) is 53.3 Å². The van der Waals surface area contributed by atoms with Gasteiger partial charge in [0.2, 0.25) is 11.8 Å². The van der Waals surface area contributed by atoms with Gasteiger partial charge in [-0.25, -0.2) is 4.39 Å². The predicted molar refractivity (Wildman–Crippen MR) is 133 cm³/mol. The molecule has 1 aliphatic heterocycles. The van der Waals surface area contributed by atoms with Crippen molar-refractivity contribution in [2.75, 3.05) is 27.9 Å². The highest BCUT2D eigenvalue weighted by Crippen LogP contribution is 2.29. The highest BCUT2D eigenvalue weighted by atomic mass is 32.2. The summed E-state index contributed by atoms with van der Waals surface area (Å²) in [5.41, 5.74) is 7.78. The second-order valence-electron chi connectivity index (χ2n) is 7.61. The van der Waals surface area contributed by atoms with Crippen LogP contribution >= 0.6 is 11.8 Å². The molecule has 2 N–H and O–H groups in total. The molecule has 1 aliphatic rings. The number of benzene rings is 2. The number of amidine groups is 1. The molecule has 35 heavy (non-hydrogen) atoms. The monoisotopic (exact) mass is 502 g/mol. The van der Waals surface area contributed by atoms with Crippen LogP contribution in [0.4, 0.5) is 4.39 Å². The molecule has 0 bridgehead atoms. The third kappa shape index (κ3) is 6.30. The van der Waals surface area contributed by atoms with Crippen LogP contribution in [-0.4, -0.2) is 60.7 Å². The summed E-state index contributed by atoms with van der Waals surface area (Å²) >= 11 is 0.980. The predicted octanol–water partition coefficient (Wildman–Crippen LogP) is 2.99. The summed E-state index contributed by atoms with van der Waals surface area (Å²) in [7, 11) is 4.48. The van der Waals surface area contributed by atoms with Gasteiger partial charge >= 0.3 is 0 Å². The molecule has 0 saturated carbocycles. The number of ether oxygens (including phenoxy) is 3. The van der Waals surface area contributed by atoms with E-state index in [1.165, 1.54) is 24.1 Å². The van der Waals surface area contributed by atoms with Crippen LogP contribution in [0.5, 0.6) is 17.2 Å². The van der Waals surface area contributed by atoms with E-state index < -0.39 is 11.1 Å². The van der Waals surface area contributed by atoms with E-state index in [9.17, 15) is 14.0 Å². The van der Waals surface area contributed by atoms with Crippen molar-refractivity contribution >= 4 is 34.5 Å². The van der Waals surface area contributed by atoms with Gasteiger partial charge in [0, 0.05) is 18.5 Å². The Morgan fingerprint density at radius 1 is 1.06 bits per heavy atom. The van der Waals surface area contributed by atoms with Crippen LogP contribution in [0.2, 0.25) is 0 Å². The van der Waals surface area contributed by atoms with Gasteiger partial charge in [-0.2, -0.15) is 5.10 Å². The topological polar surface area (TPSA) is 116 Å². The maximum absolute atomic E-state index is 13.9. The van der Waals surface area contributed by atoms with Gasteiger partial charge in [-0.05, 0) is 49.2 Å². The number of hydrogen-bond acceptors (Lipinski definition) is 8. The van der Waals surface area contributed by atoms with Crippen molar-refractivity contribution in [2.24, 2.45) is 15.9 Å². The Kier molecular flexibility index (Phi) is 8.69. The molecule has 0 spiro atoms. The van der Waals surface area contributed by atoms with E-state index in [2.05, 4.69) is 10.2 Å². The number of methoxy groups -OCH3 is 3. The minimum Gasteiger partial charge on any atom is -0.494 e. The number of nitrogens with two attached hydrogens (primary N) is 1. The third-order valence-electron chi connectivity index (χ3n) is 5.41. The van der Waals surface area contributed by atoms with Gasteiger partial charge in [0.25, 0.3) is 0 Å². The fraction of sp³-hybridized carbons (Fsp3) is 0.333. The first kappa shape index (κ1) is 26.0. The molecule has 1 fully saturated rings. The Balaban J connectivity index is 1.61. The molecule has 0 aliphatic carbocycles. The molecule has 2 amide bonds. The highest BCUT2D eigenvalue weighted by Gasteiger charge is 2.39. The van der Waals surface area contributed by atoms with Crippen molar-refractivity contribution in [3.8, 4) is 17.2 Å². The van der Waals surface area contributed by atoms with Gasteiger partial charge in [0.15, 0.2) is 28.2 Å². The van der Waals surface area contributed by atoms with Gasteiger partial charge in [-0.3, -0.25) is 14.5 Å². The summed E-state index contributed by atoms with van der Waals surface area (Å²) < 4.78 is 29.3. The largest absolute Gasteiger partial charge is 0.494 e. The Bertz CT molecular complexity index is 1170. The number of likely N-dealkylation sites (tertiary alicyclic amines) is 1. The molecule has 2 aromatic carbocycles. The summed E-state index contributed by atoms with van der Waals surface area (Å²) in [6.45, 7) is 1.89. The van der Waals surface area contributed by atoms with Gasteiger partial charge in [-0.1, -0.05) is 17.8 Å². The molecule has 2 aromatic rings. The number of hydrogen-bond donors (Lipinski definition) is 1. The van der Waals surface area contributed by atoms with Crippen LogP contribution in [0.3, 0.4) is 0 Å². The van der Waals surface area contributed by atoms with Crippen LogP contribution in [0.25, 0.3) is 0 Å². The molecule has 11 heteroatoms. The van der Waals surface area contributed by atoms with E-state index in [1.807, 2.05) is 12.1 Å². The first-order valence-corrected chi connectivity index (χ1v) is 11.6. The smallest absolute Gasteiger partial charge is 0.243 e. The summed E-state index contributed by atoms with van der Waals surface area (Å²) in [5.74, 6) is 0.195. The first-order valence-electron chi connectivity index (χ1n) is 10.7. The first-order chi connectivity index (χ1) is 16.8. The fourth-order valence-corrected chi connectivity index (χ4v) is 4.33. The van der Waals surface area contributed by atoms with Gasteiger partial charge in [0.05, 0.1) is 27.0 Å². The average molecular weight is 503 g/mol. The zero-order valence-corrected chi connectivity index (χ0v) is 20.7. The third-order valence-corrected chi connectivity index (χ3v) is 6.38.